The second kappa shape index (κ2) is 4.88. The smallest absolute Gasteiger partial charge is 0.129 e. The number of Topliss-reactive ketones (excluding diaryl/α,β-unsaturated/α-hetero) is 1. The quantitative estimate of drug-likeness (QED) is 0.784. The molecular weight excluding hydrogens is 216 g/mol. The van der Waals surface area contributed by atoms with Crippen LogP contribution in [-0.4, -0.2) is 26.1 Å². The molecule has 1 aliphatic heterocycles. The van der Waals surface area contributed by atoms with Crippen molar-refractivity contribution >= 4 is 5.78 Å². The van der Waals surface area contributed by atoms with Gasteiger partial charge in [0.25, 0.3) is 0 Å². The summed E-state index contributed by atoms with van der Waals surface area (Å²) in [5.74, 6) is 1.10. The maximum atomic E-state index is 11.1. The van der Waals surface area contributed by atoms with E-state index in [1.165, 1.54) is 5.56 Å². The summed E-state index contributed by atoms with van der Waals surface area (Å²) in [6.45, 7) is 3.07. The molecule has 17 heavy (non-hydrogen) atoms. The zero-order valence-corrected chi connectivity index (χ0v) is 10.4. The van der Waals surface area contributed by atoms with Gasteiger partial charge in [0.2, 0.25) is 0 Å². The maximum absolute atomic E-state index is 11.1. The predicted molar refractivity (Wildman–Crippen MR) is 65.4 cm³/mol. The molecule has 92 valence electrons. The van der Waals surface area contributed by atoms with Crippen LogP contribution in [0.3, 0.4) is 0 Å². The van der Waals surface area contributed by atoms with E-state index in [1.807, 2.05) is 12.1 Å². The average molecular weight is 234 g/mol. The number of carbonyl (C=O) groups excluding carboxylic acids is 1. The van der Waals surface area contributed by atoms with Crippen molar-refractivity contribution in [1.82, 2.24) is 0 Å². The molecule has 0 aromatic heterocycles. The fourth-order valence-corrected chi connectivity index (χ4v) is 2.16. The summed E-state index contributed by atoms with van der Waals surface area (Å²) in [6.07, 6.45) is 1.49. The minimum absolute atomic E-state index is 0.0396. The van der Waals surface area contributed by atoms with Crippen LogP contribution >= 0.6 is 0 Å². The van der Waals surface area contributed by atoms with E-state index >= 15 is 0 Å². The second-order valence-corrected chi connectivity index (χ2v) is 4.70. The van der Waals surface area contributed by atoms with Gasteiger partial charge in [0.1, 0.15) is 11.5 Å². The molecule has 1 fully saturated rings. The number of methoxy groups -OCH3 is 1. The van der Waals surface area contributed by atoms with Crippen molar-refractivity contribution in [3.05, 3.63) is 29.8 Å². The van der Waals surface area contributed by atoms with Crippen LogP contribution in [0.1, 0.15) is 25.3 Å². The third-order valence-electron chi connectivity index (χ3n) is 3.41. The number of ketones is 1. The maximum Gasteiger partial charge on any atom is 0.129 e. The van der Waals surface area contributed by atoms with E-state index in [0.29, 0.717) is 19.6 Å². The Kier molecular flexibility index (Phi) is 3.48. The Balaban J connectivity index is 2.13. The van der Waals surface area contributed by atoms with E-state index in [-0.39, 0.29) is 11.2 Å². The Morgan fingerprint density at radius 2 is 2.00 bits per heavy atom. The van der Waals surface area contributed by atoms with Gasteiger partial charge in [-0.3, -0.25) is 0 Å². The van der Waals surface area contributed by atoms with Crippen LogP contribution in [0.15, 0.2) is 24.3 Å². The lowest BCUT2D eigenvalue weighted by Crippen LogP contribution is -2.46. The normalized spacial score (nSPS) is 17.3. The number of hydrogen-bond donors (Lipinski definition) is 0. The van der Waals surface area contributed by atoms with Crippen LogP contribution in [0.5, 0.6) is 5.75 Å². The van der Waals surface area contributed by atoms with Crippen molar-refractivity contribution in [1.29, 1.82) is 0 Å². The minimum Gasteiger partial charge on any atom is -0.497 e. The molecule has 0 unspecified atom stereocenters. The molecule has 2 rings (SSSR count). The zero-order chi connectivity index (χ0) is 12.3. The van der Waals surface area contributed by atoms with Gasteiger partial charge >= 0.3 is 0 Å². The standard InChI is InChI=1S/C14H18O3/c1-11(15)7-8-14(9-17-10-14)12-3-5-13(16-2)6-4-12/h3-6H,7-10H2,1-2H3. The first kappa shape index (κ1) is 12.1. The highest BCUT2D eigenvalue weighted by Gasteiger charge is 2.39. The number of hydrogen-bond acceptors (Lipinski definition) is 3. The van der Waals surface area contributed by atoms with Crippen molar-refractivity contribution in [2.75, 3.05) is 20.3 Å². The molecule has 0 spiro atoms. The fraction of sp³-hybridized carbons (Fsp3) is 0.500. The van der Waals surface area contributed by atoms with E-state index in [2.05, 4.69) is 12.1 Å². The monoisotopic (exact) mass is 234 g/mol. The van der Waals surface area contributed by atoms with Crippen molar-refractivity contribution in [2.45, 2.75) is 25.2 Å². The molecule has 0 radical (unpaired) electrons. The second-order valence-electron chi connectivity index (χ2n) is 4.70. The molecule has 3 nitrogen and oxygen atoms in total. The van der Waals surface area contributed by atoms with Gasteiger partial charge in [0, 0.05) is 11.8 Å². The van der Waals surface area contributed by atoms with Gasteiger partial charge in [0.15, 0.2) is 0 Å². The predicted octanol–water partition coefficient (Wildman–Crippen LogP) is 2.33. The first-order valence-corrected chi connectivity index (χ1v) is 5.88. The number of carbonyl (C=O) groups is 1. The summed E-state index contributed by atoms with van der Waals surface area (Å²) in [5, 5.41) is 0. The van der Waals surface area contributed by atoms with Crippen LogP contribution in [0.2, 0.25) is 0 Å². The van der Waals surface area contributed by atoms with Crippen molar-refractivity contribution in [3.63, 3.8) is 0 Å². The molecule has 0 aliphatic carbocycles. The van der Waals surface area contributed by atoms with Gasteiger partial charge in [-0.25, -0.2) is 0 Å². The third-order valence-corrected chi connectivity index (χ3v) is 3.41. The van der Waals surface area contributed by atoms with Crippen LogP contribution < -0.4 is 4.74 Å². The summed E-state index contributed by atoms with van der Waals surface area (Å²) in [5.41, 5.74) is 1.28. The van der Waals surface area contributed by atoms with E-state index in [1.54, 1.807) is 14.0 Å². The minimum atomic E-state index is 0.0396. The molecule has 0 atom stereocenters. The van der Waals surface area contributed by atoms with Gasteiger partial charge in [0.05, 0.1) is 20.3 Å². The lowest BCUT2D eigenvalue weighted by atomic mass is 9.74. The van der Waals surface area contributed by atoms with Crippen LogP contribution in [0.4, 0.5) is 0 Å². The molecule has 3 heteroatoms. The van der Waals surface area contributed by atoms with Crippen molar-refractivity contribution in [3.8, 4) is 5.75 Å². The topological polar surface area (TPSA) is 35.5 Å². The molecule has 0 N–H and O–H groups in total. The van der Waals surface area contributed by atoms with Gasteiger partial charge in [-0.1, -0.05) is 12.1 Å². The molecule has 1 aromatic carbocycles. The highest BCUT2D eigenvalue weighted by Crippen LogP contribution is 2.37. The highest BCUT2D eigenvalue weighted by molar-refractivity contribution is 5.75. The summed E-state index contributed by atoms with van der Waals surface area (Å²) >= 11 is 0. The van der Waals surface area contributed by atoms with Crippen molar-refractivity contribution in [2.24, 2.45) is 0 Å². The SMILES string of the molecule is COc1ccc(C2(CCC(C)=O)COC2)cc1. The number of benzene rings is 1. The van der Waals surface area contributed by atoms with Gasteiger partial charge in [-0.2, -0.15) is 0 Å². The lowest BCUT2D eigenvalue weighted by molar-refractivity contribution is -0.119. The van der Waals surface area contributed by atoms with Crippen LogP contribution in [0.25, 0.3) is 0 Å². The fourth-order valence-electron chi connectivity index (χ4n) is 2.16. The first-order chi connectivity index (χ1) is 8.16. The lowest BCUT2D eigenvalue weighted by Gasteiger charge is -2.42. The molecule has 0 saturated carbocycles. The Bertz CT molecular complexity index is 390. The van der Waals surface area contributed by atoms with Crippen LogP contribution in [-0.2, 0) is 14.9 Å². The Morgan fingerprint density at radius 1 is 1.35 bits per heavy atom. The molecular formula is C14H18O3. The van der Waals surface area contributed by atoms with Crippen molar-refractivity contribution < 1.29 is 14.3 Å². The third kappa shape index (κ3) is 2.50. The zero-order valence-electron chi connectivity index (χ0n) is 10.4. The Labute approximate surface area is 102 Å². The molecule has 1 aromatic rings. The molecule has 0 amide bonds. The summed E-state index contributed by atoms with van der Waals surface area (Å²) in [6, 6.07) is 8.06. The molecule has 1 heterocycles. The molecule has 0 bridgehead atoms. The van der Waals surface area contributed by atoms with E-state index in [4.69, 9.17) is 9.47 Å². The van der Waals surface area contributed by atoms with E-state index in [0.717, 1.165) is 12.2 Å². The Morgan fingerprint density at radius 3 is 2.41 bits per heavy atom. The number of ether oxygens (including phenoxy) is 2. The summed E-state index contributed by atoms with van der Waals surface area (Å²) < 4.78 is 10.5. The first-order valence-electron chi connectivity index (χ1n) is 5.88. The van der Waals surface area contributed by atoms with Gasteiger partial charge in [-0.05, 0) is 31.0 Å². The van der Waals surface area contributed by atoms with E-state index < -0.39 is 0 Å². The molecule has 1 saturated heterocycles. The highest BCUT2D eigenvalue weighted by atomic mass is 16.5. The summed E-state index contributed by atoms with van der Waals surface area (Å²) in [7, 11) is 1.66. The van der Waals surface area contributed by atoms with Gasteiger partial charge < -0.3 is 14.3 Å². The largest absolute Gasteiger partial charge is 0.497 e. The molecule has 1 aliphatic rings. The summed E-state index contributed by atoms with van der Waals surface area (Å²) in [4.78, 5) is 11.1. The average Bonchev–Trinajstić information content (AvgIpc) is 2.28. The van der Waals surface area contributed by atoms with Crippen LogP contribution in [0, 0.1) is 0 Å². The van der Waals surface area contributed by atoms with E-state index in [9.17, 15) is 4.79 Å². The van der Waals surface area contributed by atoms with Gasteiger partial charge in [-0.15, -0.1) is 0 Å². The number of rotatable bonds is 5. The Hall–Kier alpha value is -1.35.